The van der Waals surface area contributed by atoms with Crippen molar-refractivity contribution in [3.05, 3.63) is 29.8 Å². The molecule has 0 amide bonds. The molecule has 1 aromatic carbocycles. The summed E-state index contributed by atoms with van der Waals surface area (Å²) in [4.78, 5) is 12.7. The van der Waals surface area contributed by atoms with Gasteiger partial charge in [0.25, 0.3) is 0 Å². The van der Waals surface area contributed by atoms with Gasteiger partial charge in [0.1, 0.15) is 0 Å². The lowest BCUT2D eigenvalue weighted by Gasteiger charge is -2.11. The number of carbonyl (C=O) groups is 1. The summed E-state index contributed by atoms with van der Waals surface area (Å²) in [5, 5.41) is 0.108. The number of nitrogens with zero attached hydrogens (tertiary/aromatic N) is 1. The molecule has 3 heteroatoms. The van der Waals surface area contributed by atoms with Crippen molar-refractivity contribution >= 4 is 22.6 Å². The highest BCUT2D eigenvalue weighted by atomic mass is 32.2. The van der Waals surface area contributed by atoms with Crippen LogP contribution in [0.3, 0.4) is 0 Å². The fourth-order valence-electron chi connectivity index (χ4n) is 1.14. The molecule has 0 atom stereocenters. The fourth-order valence-corrected chi connectivity index (χ4v) is 1.49. The lowest BCUT2D eigenvalue weighted by molar-refractivity contribution is -0.109. The topological polar surface area (TPSA) is 20.3 Å². The van der Waals surface area contributed by atoms with Gasteiger partial charge in [0.05, 0.1) is 5.75 Å². The first-order valence-electron chi connectivity index (χ1n) is 4.99. The smallest absolute Gasteiger partial charge is 0.186 e. The lowest BCUT2D eigenvalue weighted by Crippen LogP contribution is -2.08. The van der Waals surface area contributed by atoms with Crippen LogP contribution in [0, 0.1) is 11.8 Å². The highest BCUT2D eigenvalue weighted by Crippen LogP contribution is 2.12. The third-order valence-corrected chi connectivity index (χ3v) is 2.64. The van der Waals surface area contributed by atoms with E-state index in [1.165, 1.54) is 11.8 Å². The zero-order valence-electron chi connectivity index (χ0n) is 9.78. The van der Waals surface area contributed by atoms with Gasteiger partial charge < -0.3 is 4.90 Å². The van der Waals surface area contributed by atoms with Crippen LogP contribution in [0.1, 0.15) is 12.5 Å². The van der Waals surface area contributed by atoms with E-state index in [1.54, 1.807) is 6.92 Å². The fraction of sp³-hybridized carbons (Fsp3) is 0.308. The predicted octanol–water partition coefficient (Wildman–Crippen LogP) is 2.38. The van der Waals surface area contributed by atoms with Gasteiger partial charge in [0.2, 0.25) is 0 Å². The van der Waals surface area contributed by atoms with E-state index in [2.05, 4.69) is 11.8 Å². The van der Waals surface area contributed by atoms with Crippen molar-refractivity contribution in [2.75, 3.05) is 24.7 Å². The van der Waals surface area contributed by atoms with E-state index in [9.17, 15) is 4.79 Å². The Morgan fingerprint density at radius 3 is 2.81 bits per heavy atom. The van der Waals surface area contributed by atoms with Gasteiger partial charge in [-0.25, -0.2) is 0 Å². The standard InChI is InChI=1S/C13H15NOS/c1-11(15)16-9-5-7-12-6-4-8-13(10-12)14(2)3/h4,6,8,10H,9H2,1-3H3. The van der Waals surface area contributed by atoms with Gasteiger partial charge in [-0.05, 0) is 18.2 Å². The van der Waals surface area contributed by atoms with Crippen LogP contribution in [0.5, 0.6) is 0 Å². The Hall–Kier alpha value is -1.40. The molecule has 0 fully saturated rings. The minimum atomic E-state index is 0.108. The largest absolute Gasteiger partial charge is 0.378 e. The van der Waals surface area contributed by atoms with Crippen LogP contribution < -0.4 is 4.90 Å². The van der Waals surface area contributed by atoms with E-state index in [-0.39, 0.29) is 5.12 Å². The summed E-state index contributed by atoms with van der Waals surface area (Å²) in [5.41, 5.74) is 2.11. The van der Waals surface area contributed by atoms with Crippen molar-refractivity contribution in [3.8, 4) is 11.8 Å². The van der Waals surface area contributed by atoms with Gasteiger partial charge in [0.15, 0.2) is 5.12 Å². The maximum Gasteiger partial charge on any atom is 0.186 e. The summed E-state index contributed by atoms with van der Waals surface area (Å²) in [7, 11) is 4.00. The first-order chi connectivity index (χ1) is 7.59. The molecule has 0 bridgehead atoms. The first kappa shape index (κ1) is 12.7. The summed E-state index contributed by atoms with van der Waals surface area (Å²) in [5.74, 6) is 6.58. The second kappa shape index (κ2) is 6.24. The molecule has 0 aliphatic carbocycles. The van der Waals surface area contributed by atoms with E-state index in [0.29, 0.717) is 5.75 Å². The van der Waals surface area contributed by atoms with Crippen LogP contribution in [0.15, 0.2) is 24.3 Å². The lowest BCUT2D eigenvalue weighted by atomic mass is 10.2. The number of benzene rings is 1. The third kappa shape index (κ3) is 4.41. The van der Waals surface area contributed by atoms with E-state index in [4.69, 9.17) is 0 Å². The minimum Gasteiger partial charge on any atom is -0.378 e. The molecule has 1 aromatic rings. The SMILES string of the molecule is CC(=O)SCC#Cc1cccc(N(C)C)c1. The average molecular weight is 233 g/mol. The van der Waals surface area contributed by atoms with Crippen LogP contribution in [0.2, 0.25) is 0 Å². The molecule has 0 heterocycles. The maximum atomic E-state index is 10.7. The molecule has 0 saturated heterocycles. The van der Waals surface area contributed by atoms with Crippen LogP contribution in [0.25, 0.3) is 0 Å². The van der Waals surface area contributed by atoms with Crippen molar-refractivity contribution in [1.29, 1.82) is 0 Å². The normalized spacial score (nSPS) is 9.19. The number of rotatable bonds is 2. The average Bonchev–Trinajstić information content (AvgIpc) is 2.24. The molecule has 0 N–H and O–H groups in total. The second-order valence-corrected chi connectivity index (χ2v) is 4.68. The molecule has 16 heavy (non-hydrogen) atoms. The highest BCUT2D eigenvalue weighted by molar-refractivity contribution is 8.13. The molecular formula is C13H15NOS. The number of carbonyl (C=O) groups excluding carboxylic acids is 1. The minimum absolute atomic E-state index is 0.108. The molecule has 2 nitrogen and oxygen atoms in total. The molecule has 0 unspecified atom stereocenters. The van der Waals surface area contributed by atoms with E-state index < -0.39 is 0 Å². The predicted molar refractivity (Wildman–Crippen MR) is 70.8 cm³/mol. The Bertz CT molecular complexity index is 429. The summed E-state index contributed by atoms with van der Waals surface area (Å²) in [6.45, 7) is 1.55. The molecule has 0 aromatic heterocycles. The van der Waals surface area contributed by atoms with Gasteiger partial charge in [-0.1, -0.05) is 29.7 Å². The zero-order chi connectivity index (χ0) is 12.0. The van der Waals surface area contributed by atoms with E-state index in [0.717, 1.165) is 11.3 Å². The summed E-state index contributed by atoms with van der Waals surface area (Å²) >= 11 is 1.24. The van der Waals surface area contributed by atoms with Gasteiger partial charge in [-0.3, -0.25) is 4.79 Å². The Balaban J connectivity index is 2.66. The van der Waals surface area contributed by atoms with Crippen LogP contribution in [-0.2, 0) is 4.79 Å². The molecule has 0 saturated carbocycles. The van der Waals surface area contributed by atoms with Crippen LogP contribution in [0.4, 0.5) is 5.69 Å². The molecule has 0 spiro atoms. The van der Waals surface area contributed by atoms with Crippen molar-refractivity contribution in [1.82, 2.24) is 0 Å². The maximum absolute atomic E-state index is 10.7. The van der Waals surface area contributed by atoms with Crippen molar-refractivity contribution < 1.29 is 4.79 Å². The highest BCUT2D eigenvalue weighted by Gasteiger charge is 1.94. The molecule has 0 radical (unpaired) electrons. The Morgan fingerprint density at radius 2 is 2.19 bits per heavy atom. The number of hydrogen-bond acceptors (Lipinski definition) is 3. The molecule has 1 rings (SSSR count). The second-order valence-electron chi connectivity index (χ2n) is 3.53. The van der Waals surface area contributed by atoms with Gasteiger partial charge >= 0.3 is 0 Å². The van der Waals surface area contributed by atoms with E-state index in [1.807, 2.05) is 43.3 Å². The zero-order valence-corrected chi connectivity index (χ0v) is 10.6. The van der Waals surface area contributed by atoms with Crippen molar-refractivity contribution in [2.24, 2.45) is 0 Å². The Labute approximate surface area is 101 Å². The monoisotopic (exact) mass is 233 g/mol. The van der Waals surface area contributed by atoms with Crippen molar-refractivity contribution in [2.45, 2.75) is 6.92 Å². The number of anilines is 1. The van der Waals surface area contributed by atoms with Crippen molar-refractivity contribution in [3.63, 3.8) is 0 Å². The Morgan fingerprint density at radius 1 is 1.44 bits per heavy atom. The van der Waals surface area contributed by atoms with Crippen LogP contribution in [-0.4, -0.2) is 25.0 Å². The van der Waals surface area contributed by atoms with Crippen LogP contribution >= 0.6 is 11.8 Å². The number of thioether (sulfide) groups is 1. The first-order valence-corrected chi connectivity index (χ1v) is 5.98. The molecule has 84 valence electrons. The van der Waals surface area contributed by atoms with Gasteiger partial charge in [-0.15, -0.1) is 0 Å². The summed E-state index contributed by atoms with van der Waals surface area (Å²) < 4.78 is 0. The quantitative estimate of drug-likeness (QED) is 0.732. The Kier molecular flexibility index (Phi) is 4.94. The van der Waals surface area contributed by atoms with E-state index >= 15 is 0 Å². The molecule has 0 aliphatic rings. The summed E-state index contributed by atoms with van der Waals surface area (Å²) in [6, 6.07) is 8.02. The number of hydrogen-bond donors (Lipinski definition) is 0. The molecule has 0 aliphatic heterocycles. The third-order valence-electron chi connectivity index (χ3n) is 1.94. The molecular weight excluding hydrogens is 218 g/mol. The summed E-state index contributed by atoms with van der Waals surface area (Å²) in [6.07, 6.45) is 0. The van der Waals surface area contributed by atoms with Gasteiger partial charge in [0, 0.05) is 32.3 Å². The van der Waals surface area contributed by atoms with Gasteiger partial charge in [-0.2, -0.15) is 0 Å².